The number of esters is 1. The lowest BCUT2D eigenvalue weighted by atomic mass is 9.96. The second kappa shape index (κ2) is 11.3. The fourth-order valence-electron chi connectivity index (χ4n) is 3.76. The Morgan fingerprint density at radius 1 is 1.10 bits per heavy atom. The number of ether oxygens (including phenoxy) is 1. The molecule has 0 spiro atoms. The SMILES string of the molecule is COC(=O)c1ccc(=O)n(CC(=O)c2ccccn2)c1-c1cc(NCc2ccc(Cl)s2)n(C(=O)C(C)(C)C)n1. The van der Waals surface area contributed by atoms with E-state index in [4.69, 9.17) is 16.3 Å². The fourth-order valence-corrected chi connectivity index (χ4v) is 4.79. The highest BCUT2D eigenvalue weighted by molar-refractivity contribution is 7.16. The number of carbonyl (C=O) groups is 3. The summed E-state index contributed by atoms with van der Waals surface area (Å²) in [5.74, 6) is -1.17. The minimum absolute atomic E-state index is 0.00960. The minimum atomic E-state index is -0.803. The smallest absolute Gasteiger partial charge is 0.340 e. The van der Waals surface area contributed by atoms with E-state index < -0.39 is 29.3 Å². The van der Waals surface area contributed by atoms with Gasteiger partial charge in [-0.25, -0.2) is 4.79 Å². The van der Waals surface area contributed by atoms with Crippen molar-refractivity contribution in [3.63, 3.8) is 0 Å². The molecule has 4 aromatic rings. The second-order valence-electron chi connectivity index (χ2n) is 9.59. The molecule has 0 radical (unpaired) electrons. The number of thiophene rings is 1. The van der Waals surface area contributed by atoms with E-state index >= 15 is 0 Å². The number of Topliss-reactive ketones (excluding diaryl/α,β-unsaturated/α-hetero) is 1. The molecular weight excluding hydrogens is 542 g/mol. The largest absolute Gasteiger partial charge is 0.465 e. The Kier molecular flexibility index (Phi) is 8.12. The molecule has 4 heterocycles. The summed E-state index contributed by atoms with van der Waals surface area (Å²) in [5, 5.41) is 7.71. The van der Waals surface area contributed by atoms with Crippen molar-refractivity contribution in [2.45, 2.75) is 33.9 Å². The molecule has 4 aromatic heterocycles. The molecule has 0 saturated heterocycles. The van der Waals surface area contributed by atoms with Gasteiger partial charge < -0.3 is 10.1 Å². The average molecular weight is 568 g/mol. The first-order valence-electron chi connectivity index (χ1n) is 11.9. The third-order valence-corrected chi connectivity index (χ3v) is 6.93. The fraction of sp³-hybridized carbons (Fsp3) is 0.259. The summed E-state index contributed by atoms with van der Waals surface area (Å²) < 4.78 is 7.92. The van der Waals surface area contributed by atoms with Gasteiger partial charge >= 0.3 is 5.97 Å². The standard InChI is InChI=1S/C27H26ClN5O5S/c1-27(2,3)26(37)33-22(30-14-16-8-10-21(28)39-16)13-19(31-33)24-17(25(36)38-4)9-11-23(35)32(24)15-20(34)18-7-5-6-12-29-18/h5-13,30H,14-15H2,1-4H3. The predicted octanol–water partition coefficient (Wildman–Crippen LogP) is 4.79. The molecule has 0 saturated carbocycles. The van der Waals surface area contributed by atoms with Crippen LogP contribution in [0.4, 0.5) is 5.82 Å². The molecule has 0 fully saturated rings. The van der Waals surface area contributed by atoms with Crippen molar-refractivity contribution >= 4 is 46.4 Å². The number of methoxy groups -OCH3 is 1. The topological polar surface area (TPSA) is 125 Å². The van der Waals surface area contributed by atoms with Crippen molar-refractivity contribution in [3.05, 3.63) is 85.6 Å². The van der Waals surface area contributed by atoms with Crippen LogP contribution in [0.15, 0.2) is 59.5 Å². The number of nitrogens with zero attached hydrogens (tertiary/aromatic N) is 4. The second-order valence-corrected chi connectivity index (χ2v) is 11.4. The van der Waals surface area contributed by atoms with Gasteiger partial charge in [-0.2, -0.15) is 9.78 Å². The number of halogens is 1. The minimum Gasteiger partial charge on any atom is -0.465 e. The van der Waals surface area contributed by atoms with Gasteiger partial charge in [-0.15, -0.1) is 11.3 Å². The first kappa shape index (κ1) is 27.9. The molecule has 4 rings (SSSR count). The Morgan fingerprint density at radius 2 is 1.87 bits per heavy atom. The lowest BCUT2D eigenvalue weighted by molar-refractivity contribution is 0.0600. The lowest BCUT2D eigenvalue weighted by Crippen LogP contribution is -2.29. The zero-order chi connectivity index (χ0) is 28.3. The summed E-state index contributed by atoms with van der Waals surface area (Å²) in [6.45, 7) is 5.20. The first-order valence-corrected chi connectivity index (χ1v) is 13.1. The van der Waals surface area contributed by atoms with Crippen LogP contribution in [0.3, 0.4) is 0 Å². The third-order valence-electron chi connectivity index (χ3n) is 5.70. The molecule has 0 aromatic carbocycles. The normalized spacial score (nSPS) is 11.3. The van der Waals surface area contributed by atoms with Gasteiger partial charge in [0.1, 0.15) is 17.2 Å². The van der Waals surface area contributed by atoms with Crippen LogP contribution in [0.2, 0.25) is 4.34 Å². The van der Waals surface area contributed by atoms with E-state index in [2.05, 4.69) is 15.4 Å². The first-order chi connectivity index (χ1) is 18.5. The maximum atomic E-state index is 13.4. The summed E-state index contributed by atoms with van der Waals surface area (Å²) in [7, 11) is 1.21. The number of aromatic nitrogens is 4. The van der Waals surface area contributed by atoms with Crippen molar-refractivity contribution in [1.29, 1.82) is 0 Å². The Morgan fingerprint density at radius 3 is 2.49 bits per heavy atom. The summed E-state index contributed by atoms with van der Waals surface area (Å²) >= 11 is 7.44. The third kappa shape index (κ3) is 6.15. The van der Waals surface area contributed by atoms with Crippen LogP contribution in [0, 0.1) is 5.41 Å². The molecule has 202 valence electrons. The molecule has 10 nitrogen and oxygen atoms in total. The van der Waals surface area contributed by atoms with Crippen LogP contribution in [-0.4, -0.2) is 44.1 Å². The highest BCUT2D eigenvalue weighted by atomic mass is 35.5. The van der Waals surface area contributed by atoms with E-state index in [0.717, 1.165) is 9.44 Å². The van der Waals surface area contributed by atoms with Gasteiger partial charge in [-0.1, -0.05) is 38.4 Å². The van der Waals surface area contributed by atoms with Gasteiger partial charge in [0.15, 0.2) is 0 Å². The van der Waals surface area contributed by atoms with Crippen LogP contribution in [0.25, 0.3) is 11.4 Å². The monoisotopic (exact) mass is 567 g/mol. The summed E-state index contributed by atoms with van der Waals surface area (Å²) in [4.78, 5) is 57.2. The van der Waals surface area contributed by atoms with Gasteiger partial charge in [0.05, 0.1) is 35.8 Å². The Bertz CT molecular complexity index is 1600. The molecule has 12 heteroatoms. The van der Waals surface area contributed by atoms with Crippen molar-refractivity contribution < 1.29 is 19.1 Å². The van der Waals surface area contributed by atoms with E-state index in [9.17, 15) is 19.2 Å². The van der Waals surface area contributed by atoms with E-state index in [1.54, 1.807) is 45.0 Å². The van der Waals surface area contributed by atoms with E-state index in [1.165, 1.54) is 47.5 Å². The van der Waals surface area contributed by atoms with Crippen LogP contribution in [0.5, 0.6) is 0 Å². The number of ketones is 1. The molecule has 0 amide bonds. The average Bonchev–Trinajstić information content (AvgIpc) is 3.53. The molecule has 1 N–H and O–H groups in total. The molecule has 39 heavy (non-hydrogen) atoms. The van der Waals surface area contributed by atoms with Gasteiger partial charge in [-0.05, 0) is 30.3 Å². The summed E-state index contributed by atoms with van der Waals surface area (Å²) in [6, 6.07) is 12.6. The van der Waals surface area contributed by atoms with Crippen molar-refractivity contribution in [1.82, 2.24) is 19.3 Å². The highest BCUT2D eigenvalue weighted by Gasteiger charge is 2.29. The van der Waals surface area contributed by atoms with Gasteiger partial charge in [0, 0.05) is 28.6 Å². The van der Waals surface area contributed by atoms with Gasteiger partial charge in [0.2, 0.25) is 5.78 Å². The van der Waals surface area contributed by atoms with E-state index in [0.29, 0.717) is 16.7 Å². The maximum Gasteiger partial charge on any atom is 0.340 e. The number of pyridine rings is 2. The van der Waals surface area contributed by atoms with Gasteiger partial charge in [-0.3, -0.25) is 23.9 Å². The lowest BCUT2D eigenvalue weighted by Gasteiger charge is -2.18. The van der Waals surface area contributed by atoms with Crippen molar-refractivity contribution in [2.75, 3.05) is 12.4 Å². The molecule has 0 aliphatic heterocycles. The van der Waals surface area contributed by atoms with E-state index in [1.807, 2.05) is 6.07 Å². The highest BCUT2D eigenvalue weighted by Crippen LogP contribution is 2.29. The van der Waals surface area contributed by atoms with Crippen molar-refractivity contribution in [2.24, 2.45) is 5.41 Å². The summed E-state index contributed by atoms with van der Waals surface area (Å²) in [6.07, 6.45) is 1.47. The number of nitrogens with one attached hydrogen (secondary N) is 1. The van der Waals surface area contributed by atoms with Crippen molar-refractivity contribution in [3.8, 4) is 11.4 Å². The Balaban J connectivity index is 1.87. The van der Waals surface area contributed by atoms with Crippen LogP contribution < -0.4 is 10.9 Å². The van der Waals surface area contributed by atoms with E-state index in [-0.39, 0.29) is 28.6 Å². The number of anilines is 1. The maximum absolute atomic E-state index is 13.4. The molecule has 0 bridgehead atoms. The van der Waals surface area contributed by atoms with Crippen LogP contribution >= 0.6 is 22.9 Å². The molecule has 0 unspecified atom stereocenters. The number of rotatable bonds is 8. The molecule has 0 aliphatic rings. The number of carbonyl (C=O) groups excluding carboxylic acids is 3. The molecule has 0 atom stereocenters. The number of hydrogen-bond acceptors (Lipinski definition) is 9. The quantitative estimate of drug-likeness (QED) is 0.238. The zero-order valence-corrected chi connectivity index (χ0v) is 23.3. The Labute approximate surface area is 233 Å². The Hall–Kier alpha value is -4.09. The van der Waals surface area contributed by atoms with Crippen LogP contribution in [-0.2, 0) is 17.8 Å². The van der Waals surface area contributed by atoms with Crippen LogP contribution in [0.1, 0.15) is 51.3 Å². The molecular formula is C27H26ClN5O5S. The zero-order valence-electron chi connectivity index (χ0n) is 21.7. The summed E-state index contributed by atoms with van der Waals surface area (Å²) in [5.41, 5.74) is -1.00. The predicted molar refractivity (Wildman–Crippen MR) is 149 cm³/mol. The molecule has 0 aliphatic carbocycles. The van der Waals surface area contributed by atoms with Gasteiger partial charge in [0.25, 0.3) is 11.5 Å². The number of hydrogen-bond donors (Lipinski definition) is 1.